The second-order valence-corrected chi connectivity index (χ2v) is 9.79. The topological polar surface area (TPSA) is 73.8 Å². The number of carbonyl (C=O) groups excluding carboxylic acids is 1. The monoisotopic (exact) mass is 481 g/mol. The van der Waals surface area contributed by atoms with Crippen molar-refractivity contribution in [1.29, 1.82) is 5.41 Å². The molecule has 0 fully saturated rings. The summed E-state index contributed by atoms with van der Waals surface area (Å²) in [7, 11) is 0. The van der Waals surface area contributed by atoms with E-state index in [4.69, 9.17) is 17.0 Å². The van der Waals surface area contributed by atoms with Crippen molar-refractivity contribution >= 4 is 51.4 Å². The number of amides is 1. The molecule has 8 heteroatoms. The van der Waals surface area contributed by atoms with Crippen LogP contribution in [0.15, 0.2) is 46.0 Å². The number of aromatic nitrogens is 1. The van der Waals surface area contributed by atoms with Crippen LogP contribution in [0.1, 0.15) is 62.4 Å². The van der Waals surface area contributed by atoms with Gasteiger partial charge in [0.2, 0.25) is 5.17 Å². The Morgan fingerprint density at radius 3 is 2.58 bits per heavy atom. The van der Waals surface area contributed by atoms with Crippen LogP contribution in [-0.4, -0.2) is 31.5 Å². The normalized spacial score (nSPS) is 17.0. The zero-order chi connectivity index (χ0) is 23.5. The van der Waals surface area contributed by atoms with Crippen molar-refractivity contribution in [2.75, 3.05) is 0 Å². The summed E-state index contributed by atoms with van der Waals surface area (Å²) in [6, 6.07) is 9.65. The molecular weight excluding hydrogens is 454 g/mol. The molecule has 2 aliphatic heterocycles. The quantitative estimate of drug-likeness (QED) is 0.335. The smallest absolute Gasteiger partial charge is 0.283 e. The lowest BCUT2D eigenvalue weighted by Crippen LogP contribution is -2.35. The molecule has 0 bridgehead atoms. The number of thioether (sulfide) groups is 1. The fraction of sp³-hybridized carbons (Fsp3) is 0.360. The van der Waals surface area contributed by atoms with Gasteiger partial charge in [-0.2, -0.15) is 15.1 Å². The summed E-state index contributed by atoms with van der Waals surface area (Å²) >= 11 is 7.44. The number of aryl methyl sites for hydroxylation is 1. The van der Waals surface area contributed by atoms with Gasteiger partial charge in [-0.05, 0) is 80.4 Å². The Balaban J connectivity index is 1.55. The van der Waals surface area contributed by atoms with Crippen molar-refractivity contribution in [3.8, 4) is 5.69 Å². The fourth-order valence-electron chi connectivity index (χ4n) is 4.09. The maximum absolute atomic E-state index is 12.8. The van der Waals surface area contributed by atoms with Gasteiger partial charge in [-0.25, -0.2) is 0 Å². The highest BCUT2D eigenvalue weighted by atomic mass is 35.5. The second-order valence-electron chi connectivity index (χ2n) is 8.32. The van der Waals surface area contributed by atoms with Gasteiger partial charge >= 0.3 is 0 Å². The molecule has 0 spiro atoms. The Hall–Kier alpha value is -2.64. The van der Waals surface area contributed by atoms with Crippen molar-refractivity contribution in [3.05, 3.63) is 57.9 Å². The van der Waals surface area contributed by atoms with E-state index in [2.05, 4.69) is 21.6 Å². The van der Waals surface area contributed by atoms with Gasteiger partial charge in [0.05, 0.1) is 5.57 Å². The molecule has 1 amide bonds. The minimum Gasteiger partial charge on any atom is -0.318 e. The Labute approximate surface area is 203 Å². The van der Waals surface area contributed by atoms with Crippen molar-refractivity contribution < 1.29 is 4.79 Å². The summed E-state index contributed by atoms with van der Waals surface area (Å²) in [4.78, 5) is 17.0. The molecule has 0 saturated carbocycles. The van der Waals surface area contributed by atoms with E-state index in [0.29, 0.717) is 10.2 Å². The lowest BCUT2D eigenvalue weighted by molar-refractivity contribution is -0.114. The van der Waals surface area contributed by atoms with Crippen LogP contribution < -0.4 is 0 Å². The first kappa shape index (κ1) is 23.5. The summed E-state index contributed by atoms with van der Waals surface area (Å²) in [5, 5.41) is 16.8. The van der Waals surface area contributed by atoms with Gasteiger partial charge in [0.25, 0.3) is 5.91 Å². The van der Waals surface area contributed by atoms with E-state index in [1.54, 1.807) is 6.08 Å². The molecule has 2 aliphatic rings. The Morgan fingerprint density at radius 2 is 1.85 bits per heavy atom. The number of hydrogen-bond acceptors (Lipinski definition) is 4. The van der Waals surface area contributed by atoms with Crippen LogP contribution in [0.3, 0.4) is 0 Å². The van der Waals surface area contributed by atoms with E-state index < -0.39 is 5.91 Å². The van der Waals surface area contributed by atoms with E-state index in [1.165, 1.54) is 42.5 Å². The molecule has 1 aromatic carbocycles. The number of nitrogens with zero attached hydrogens (tertiary/aromatic N) is 4. The van der Waals surface area contributed by atoms with E-state index in [0.717, 1.165) is 40.5 Å². The number of unbranched alkanes of at least 4 members (excludes halogenated alkanes) is 4. The number of benzene rings is 1. The first-order chi connectivity index (χ1) is 15.9. The first-order valence-electron chi connectivity index (χ1n) is 11.3. The number of halogens is 1. The molecule has 0 unspecified atom stereocenters. The van der Waals surface area contributed by atoms with E-state index in [1.807, 2.05) is 44.2 Å². The molecule has 3 heterocycles. The Kier molecular flexibility index (Phi) is 7.20. The number of hydrogen-bond donors (Lipinski definition) is 1. The third-order valence-corrected chi connectivity index (χ3v) is 7.07. The molecule has 1 aromatic heterocycles. The summed E-state index contributed by atoms with van der Waals surface area (Å²) in [6.07, 6.45) is 8.55. The van der Waals surface area contributed by atoms with Gasteiger partial charge in [-0.1, -0.05) is 44.2 Å². The van der Waals surface area contributed by atoms with E-state index >= 15 is 0 Å². The third-order valence-electron chi connectivity index (χ3n) is 5.85. The number of fused-ring (bicyclic) bond motifs is 1. The van der Waals surface area contributed by atoms with Crippen molar-refractivity contribution in [3.63, 3.8) is 0 Å². The number of aliphatic imine (C=N–C) groups is 1. The summed E-state index contributed by atoms with van der Waals surface area (Å²) < 4.78 is 2.11. The van der Waals surface area contributed by atoms with Crippen LogP contribution in [-0.2, 0) is 4.79 Å². The third kappa shape index (κ3) is 4.99. The molecular formula is C25H28ClN5OS. The number of carbonyl (C=O) groups is 1. The molecule has 6 nitrogen and oxygen atoms in total. The molecule has 172 valence electrons. The molecule has 1 N–H and O–H groups in total. The van der Waals surface area contributed by atoms with Gasteiger partial charge in [-0.3, -0.25) is 10.2 Å². The zero-order valence-corrected chi connectivity index (χ0v) is 20.8. The molecule has 0 radical (unpaired) electrons. The average Bonchev–Trinajstić information content (AvgIpc) is 3.31. The van der Waals surface area contributed by atoms with Gasteiger partial charge < -0.3 is 4.57 Å². The number of hydrazone groups is 1. The predicted octanol–water partition coefficient (Wildman–Crippen LogP) is 6.73. The van der Waals surface area contributed by atoms with E-state index in [9.17, 15) is 4.79 Å². The SMILES string of the molecule is CCCCCCCC1=NN2C(=N)/C(=C\c3cc(C)n(-c4ccc(Cl)cc4)c3C)C(=O)N=C2S1. The highest BCUT2D eigenvalue weighted by Gasteiger charge is 2.35. The highest BCUT2D eigenvalue weighted by Crippen LogP contribution is 2.31. The van der Waals surface area contributed by atoms with Crippen LogP contribution in [0.4, 0.5) is 0 Å². The van der Waals surface area contributed by atoms with E-state index in [-0.39, 0.29) is 11.4 Å². The molecule has 0 atom stereocenters. The molecule has 33 heavy (non-hydrogen) atoms. The van der Waals surface area contributed by atoms with Crippen LogP contribution in [0.2, 0.25) is 5.02 Å². The maximum atomic E-state index is 12.8. The minimum absolute atomic E-state index is 0.0785. The highest BCUT2D eigenvalue weighted by molar-refractivity contribution is 8.26. The van der Waals surface area contributed by atoms with Crippen LogP contribution >= 0.6 is 23.4 Å². The standard InChI is InChI=1S/C25H28ClN5OS/c1-4-5-6-7-8-9-22-29-31-23(27)21(24(32)28-25(31)33-22)15-18-14-16(2)30(17(18)3)20-12-10-19(26)11-13-20/h10-15,27H,4-9H2,1-3H3/b21-15+,27-23?. The fourth-order valence-corrected chi connectivity index (χ4v) is 5.14. The number of rotatable bonds is 8. The average molecular weight is 482 g/mol. The van der Waals surface area contributed by atoms with Crippen LogP contribution in [0, 0.1) is 19.3 Å². The van der Waals surface area contributed by atoms with Crippen LogP contribution in [0.5, 0.6) is 0 Å². The van der Waals surface area contributed by atoms with Crippen molar-refractivity contribution in [2.24, 2.45) is 10.1 Å². The van der Waals surface area contributed by atoms with Gasteiger partial charge in [-0.15, -0.1) is 0 Å². The molecule has 4 rings (SSSR count). The molecule has 2 aromatic rings. The summed E-state index contributed by atoms with van der Waals surface area (Å²) in [5.41, 5.74) is 4.13. The first-order valence-corrected chi connectivity index (χ1v) is 12.5. The molecule has 0 saturated heterocycles. The zero-order valence-electron chi connectivity index (χ0n) is 19.2. The maximum Gasteiger partial charge on any atom is 0.283 e. The second kappa shape index (κ2) is 10.1. The van der Waals surface area contributed by atoms with Gasteiger partial charge in [0.1, 0.15) is 5.04 Å². The van der Waals surface area contributed by atoms with Gasteiger partial charge in [0.15, 0.2) is 5.84 Å². The summed E-state index contributed by atoms with van der Waals surface area (Å²) in [5.74, 6) is -0.316. The summed E-state index contributed by atoms with van der Waals surface area (Å²) in [6.45, 7) is 6.22. The largest absolute Gasteiger partial charge is 0.318 e. The lowest BCUT2D eigenvalue weighted by atomic mass is 10.1. The van der Waals surface area contributed by atoms with Crippen molar-refractivity contribution in [1.82, 2.24) is 9.58 Å². The Bertz CT molecular complexity index is 1180. The molecule has 0 aliphatic carbocycles. The minimum atomic E-state index is -0.394. The van der Waals surface area contributed by atoms with Crippen LogP contribution in [0.25, 0.3) is 11.8 Å². The van der Waals surface area contributed by atoms with Gasteiger partial charge in [0, 0.05) is 22.1 Å². The lowest BCUT2D eigenvalue weighted by Gasteiger charge is -2.20. The van der Waals surface area contributed by atoms with Crippen molar-refractivity contribution in [2.45, 2.75) is 59.3 Å². The Morgan fingerprint density at radius 1 is 1.12 bits per heavy atom. The number of amidine groups is 2. The predicted molar refractivity (Wildman–Crippen MR) is 139 cm³/mol. The number of nitrogens with one attached hydrogen (secondary N) is 1.